The SMILES string of the molecule is CCN(C(C)=O)c1nc(CSc2ccc(C(=O)O)o2)cs1. The summed E-state index contributed by atoms with van der Waals surface area (Å²) in [7, 11) is 0. The van der Waals surface area contributed by atoms with Crippen molar-refractivity contribution in [2.75, 3.05) is 11.4 Å². The molecule has 1 N–H and O–H groups in total. The fourth-order valence-corrected chi connectivity index (χ4v) is 3.43. The van der Waals surface area contributed by atoms with Crippen LogP contribution in [-0.2, 0) is 10.5 Å². The van der Waals surface area contributed by atoms with Crippen molar-refractivity contribution in [3.8, 4) is 0 Å². The number of carboxylic acids is 1. The molecular weight excluding hydrogens is 312 g/mol. The van der Waals surface area contributed by atoms with E-state index in [0.717, 1.165) is 5.69 Å². The van der Waals surface area contributed by atoms with Gasteiger partial charge >= 0.3 is 5.97 Å². The quantitative estimate of drug-likeness (QED) is 0.821. The number of thiazole rings is 1. The molecule has 0 fully saturated rings. The molecule has 21 heavy (non-hydrogen) atoms. The van der Waals surface area contributed by atoms with Gasteiger partial charge in [-0.15, -0.1) is 11.3 Å². The Labute approximate surface area is 129 Å². The molecule has 6 nitrogen and oxygen atoms in total. The number of nitrogens with zero attached hydrogens (tertiary/aromatic N) is 2. The maximum absolute atomic E-state index is 11.4. The number of carboxylic acid groups (broad SMARTS) is 1. The van der Waals surface area contributed by atoms with Gasteiger partial charge in [-0.05, 0) is 19.1 Å². The number of thioether (sulfide) groups is 1. The molecule has 0 spiro atoms. The summed E-state index contributed by atoms with van der Waals surface area (Å²) < 4.78 is 5.15. The third kappa shape index (κ3) is 3.85. The minimum absolute atomic E-state index is 0.0387. The fourth-order valence-electron chi connectivity index (χ4n) is 1.64. The molecule has 2 aromatic rings. The lowest BCUT2D eigenvalue weighted by molar-refractivity contribution is -0.116. The Morgan fingerprint density at radius 1 is 1.48 bits per heavy atom. The van der Waals surface area contributed by atoms with E-state index < -0.39 is 5.97 Å². The highest BCUT2D eigenvalue weighted by molar-refractivity contribution is 7.98. The number of hydrogen-bond donors (Lipinski definition) is 1. The topological polar surface area (TPSA) is 83.6 Å². The lowest BCUT2D eigenvalue weighted by atomic mass is 10.5. The third-order valence-electron chi connectivity index (χ3n) is 2.62. The van der Waals surface area contributed by atoms with Crippen LogP contribution < -0.4 is 4.90 Å². The van der Waals surface area contributed by atoms with E-state index in [1.807, 2.05) is 12.3 Å². The monoisotopic (exact) mass is 326 g/mol. The van der Waals surface area contributed by atoms with E-state index in [1.165, 1.54) is 36.1 Å². The van der Waals surface area contributed by atoms with Gasteiger partial charge in [-0.3, -0.25) is 9.69 Å². The summed E-state index contributed by atoms with van der Waals surface area (Å²) in [4.78, 5) is 28.2. The predicted octanol–water partition coefficient (Wildman–Crippen LogP) is 3.10. The van der Waals surface area contributed by atoms with Crippen LogP contribution in [0, 0.1) is 0 Å². The number of aromatic carboxylic acids is 1. The molecule has 0 saturated carbocycles. The summed E-state index contributed by atoms with van der Waals surface area (Å²) in [5.41, 5.74) is 0.827. The number of amides is 1. The molecule has 2 aromatic heterocycles. The van der Waals surface area contributed by atoms with E-state index in [-0.39, 0.29) is 11.7 Å². The van der Waals surface area contributed by atoms with Crippen molar-refractivity contribution < 1.29 is 19.1 Å². The number of hydrogen-bond acceptors (Lipinski definition) is 6. The van der Waals surface area contributed by atoms with Crippen molar-refractivity contribution in [2.24, 2.45) is 0 Å². The number of aromatic nitrogens is 1. The molecule has 2 heterocycles. The highest BCUT2D eigenvalue weighted by Crippen LogP contribution is 2.28. The van der Waals surface area contributed by atoms with E-state index in [1.54, 1.807) is 11.0 Å². The zero-order chi connectivity index (χ0) is 15.4. The Kier molecular flexibility index (Phi) is 5.03. The summed E-state index contributed by atoms with van der Waals surface area (Å²) in [5.74, 6) is -0.648. The van der Waals surface area contributed by atoms with Gasteiger partial charge < -0.3 is 9.52 Å². The fraction of sp³-hybridized carbons (Fsp3) is 0.308. The Balaban J connectivity index is 1.99. The molecule has 0 aromatic carbocycles. The minimum Gasteiger partial charge on any atom is -0.475 e. The predicted molar refractivity (Wildman–Crippen MR) is 81.0 cm³/mol. The van der Waals surface area contributed by atoms with Crippen LogP contribution in [0.5, 0.6) is 0 Å². The number of anilines is 1. The molecule has 0 unspecified atom stereocenters. The molecule has 112 valence electrons. The molecule has 0 radical (unpaired) electrons. The maximum Gasteiger partial charge on any atom is 0.371 e. The molecule has 8 heteroatoms. The van der Waals surface area contributed by atoms with Crippen LogP contribution in [0.3, 0.4) is 0 Å². The highest BCUT2D eigenvalue weighted by atomic mass is 32.2. The van der Waals surface area contributed by atoms with Gasteiger partial charge in [0.2, 0.25) is 11.7 Å². The number of furan rings is 1. The lowest BCUT2D eigenvalue weighted by Crippen LogP contribution is -2.27. The van der Waals surface area contributed by atoms with Crippen LogP contribution >= 0.6 is 23.1 Å². The van der Waals surface area contributed by atoms with Gasteiger partial charge in [0.15, 0.2) is 10.2 Å². The Morgan fingerprint density at radius 3 is 2.81 bits per heavy atom. The first-order valence-corrected chi connectivity index (χ1v) is 8.06. The number of carbonyl (C=O) groups is 2. The van der Waals surface area contributed by atoms with E-state index in [2.05, 4.69) is 4.98 Å². The van der Waals surface area contributed by atoms with E-state index >= 15 is 0 Å². The summed E-state index contributed by atoms with van der Waals surface area (Å²) >= 11 is 2.78. The molecule has 1 amide bonds. The normalized spacial score (nSPS) is 10.6. The van der Waals surface area contributed by atoms with Gasteiger partial charge in [-0.1, -0.05) is 11.8 Å². The molecule has 0 saturated heterocycles. The molecule has 0 aliphatic rings. The summed E-state index contributed by atoms with van der Waals surface area (Å²) in [6.45, 7) is 3.98. The third-order valence-corrected chi connectivity index (χ3v) is 4.48. The van der Waals surface area contributed by atoms with Crippen LogP contribution in [0.1, 0.15) is 30.1 Å². The zero-order valence-corrected chi connectivity index (χ0v) is 13.2. The number of rotatable bonds is 6. The molecule has 2 rings (SSSR count). The molecule has 0 aliphatic heterocycles. The molecule has 0 atom stereocenters. The van der Waals surface area contributed by atoms with Crippen LogP contribution in [0.25, 0.3) is 0 Å². The standard InChI is InChI=1S/C13H14N2O4S2/c1-3-15(8(2)16)13-14-9(7-21-13)6-20-11-5-4-10(19-11)12(17)18/h4-5,7H,3,6H2,1-2H3,(H,17,18). The lowest BCUT2D eigenvalue weighted by Gasteiger charge is -2.14. The van der Waals surface area contributed by atoms with Crippen molar-refractivity contribution in [2.45, 2.75) is 24.7 Å². The number of carbonyl (C=O) groups excluding carboxylic acids is 1. The van der Waals surface area contributed by atoms with Gasteiger partial charge in [0.1, 0.15) is 0 Å². The second kappa shape index (κ2) is 6.77. The van der Waals surface area contributed by atoms with E-state index in [4.69, 9.17) is 9.52 Å². The summed E-state index contributed by atoms with van der Waals surface area (Å²) in [5, 5.41) is 11.9. The van der Waals surface area contributed by atoms with Gasteiger partial charge in [0, 0.05) is 24.6 Å². The summed E-state index contributed by atoms with van der Waals surface area (Å²) in [6, 6.07) is 3.04. The Morgan fingerprint density at radius 2 is 2.24 bits per heavy atom. The van der Waals surface area contributed by atoms with Crippen LogP contribution in [0.4, 0.5) is 5.13 Å². The second-order valence-electron chi connectivity index (χ2n) is 4.10. The van der Waals surface area contributed by atoms with Crippen LogP contribution in [-0.4, -0.2) is 28.5 Å². The van der Waals surface area contributed by atoms with Gasteiger partial charge in [-0.25, -0.2) is 9.78 Å². The largest absolute Gasteiger partial charge is 0.475 e. The van der Waals surface area contributed by atoms with Crippen molar-refractivity contribution >= 4 is 40.1 Å². The van der Waals surface area contributed by atoms with Crippen molar-refractivity contribution in [1.29, 1.82) is 0 Å². The minimum atomic E-state index is -1.09. The van der Waals surface area contributed by atoms with Crippen LogP contribution in [0.2, 0.25) is 0 Å². The van der Waals surface area contributed by atoms with Gasteiger partial charge in [0.25, 0.3) is 0 Å². The zero-order valence-electron chi connectivity index (χ0n) is 11.5. The molecular formula is C13H14N2O4S2. The second-order valence-corrected chi connectivity index (χ2v) is 5.91. The Hall–Kier alpha value is -1.80. The van der Waals surface area contributed by atoms with Crippen LogP contribution in [0.15, 0.2) is 27.0 Å². The van der Waals surface area contributed by atoms with Crippen molar-refractivity contribution in [3.63, 3.8) is 0 Å². The van der Waals surface area contributed by atoms with Crippen molar-refractivity contribution in [3.05, 3.63) is 29.0 Å². The van der Waals surface area contributed by atoms with Crippen molar-refractivity contribution in [1.82, 2.24) is 4.98 Å². The molecule has 0 bridgehead atoms. The van der Waals surface area contributed by atoms with Gasteiger partial charge in [0.05, 0.1) is 5.69 Å². The van der Waals surface area contributed by atoms with E-state index in [0.29, 0.717) is 22.5 Å². The molecule has 0 aliphatic carbocycles. The average molecular weight is 326 g/mol. The first kappa shape index (κ1) is 15.6. The van der Waals surface area contributed by atoms with Gasteiger partial charge in [-0.2, -0.15) is 0 Å². The highest BCUT2D eigenvalue weighted by Gasteiger charge is 2.14. The first-order valence-electron chi connectivity index (χ1n) is 6.19. The smallest absolute Gasteiger partial charge is 0.371 e. The summed E-state index contributed by atoms with van der Waals surface area (Å²) in [6.07, 6.45) is 0. The van der Waals surface area contributed by atoms with E-state index in [9.17, 15) is 9.59 Å². The Bertz CT molecular complexity index is 650. The average Bonchev–Trinajstić information content (AvgIpc) is 3.05. The maximum atomic E-state index is 11.4. The first-order chi connectivity index (χ1) is 10.0.